The zero-order valence-corrected chi connectivity index (χ0v) is 12.3. The second-order valence-electron chi connectivity index (χ2n) is 5.41. The molecule has 2 N–H and O–H groups in total. The van der Waals surface area contributed by atoms with Crippen molar-refractivity contribution < 1.29 is 23.8 Å². The first-order chi connectivity index (χ1) is 9.99. The third kappa shape index (κ3) is 3.44. The highest BCUT2D eigenvalue weighted by atomic mass is 16.5. The van der Waals surface area contributed by atoms with E-state index < -0.39 is 5.97 Å². The van der Waals surface area contributed by atoms with Crippen LogP contribution in [0.3, 0.4) is 0 Å². The molecule has 1 amide bonds. The molecule has 0 spiro atoms. The average Bonchev–Trinajstić information content (AvgIpc) is 2.97. The Hall–Kier alpha value is -1.82. The van der Waals surface area contributed by atoms with Crippen molar-refractivity contribution in [3.05, 3.63) is 23.7 Å². The van der Waals surface area contributed by atoms with Crippen LogP contribution in [0.25, 0.3) is 0 Å². The number of carbonyl (C=O) groups is 2. The molecular weight excluding hydrogens is 274 g/mol. The van der Waals surface area contributed by atoms with Gasteiger partial charge in [0.15, 0.2) is 5.76 Å². The third-order valence-corrected chi connectivity index (χ3v) is 4.19. The van der Waals surface area contributed by atoms with E-state index in [9.17, 15) is 9.59 Å². The minimum atomic E-state index is -1.11. The van der Waals surface area contributed by atoms with E-state index in [1.807, 2.05) is 0 Å². The van der Waals surface area contributed by atoms with Crippen molar-refractivity contribution in [2.45, 2.75) is 51.2 Å². The van der Waals surface area contributed by atoms with E-state index in [0.717, 1.165) is 31.9 Å². The van der Waals surface area contributed by atoms with Crippen LogP contribution in [-0.2, 0) is 4.74 Å². The van der Waals surface area contributed by atoms with E-state index in [-0.39, 0.29) is 28.9 Å². The van der Waals surface area contributed by atoms with E-state index in [2.05, 4.69) is 19.2 Å². The first kappa shape index (κ1) is 15.6. The molecule has 0 aromatic carbocycles. The van der Waals surface area contributed by atoms with Crippen molar-refractivity contribution >= 4 is 11.9 Å². The van der Waals surface area contributed by atoms with Gasteiger partial charge in [-0.1, -0.05) is 13.8 Å². The van der Waals surface area contributed by atoms with Crippen LogP contribution < -0.4 is 5.32 Å². The molecule has 1 aromatic rings. The van der Waals surface area contributed by atoms with Gasteiger partial charge in [0.05, 0.1) is 11.2 Å². The quantitative estimate of drug-likeness (QED) is 0.871. The van der Waals surface area contributed by atoms with Gasteiger partial charge in [0.2, 0.25) is 0 Å². The van der Waals surface area contributed by atoms with Gasteiger partial charge in [0, 0.05) is 18.7 Å². The van der Waals surface area contributed by atoms with Crippen LogP contribution in [0.15, 0.2) is 16.7 Å². The van der Waals surface area contributed by atoms with Crippen LogP contribution in [0, 0.1) is 0 Å². The molecule has 2 heterocycles. The standard InChI is InChI=1S/C15H21NO5/c1-3-15(4-2)8-11(5-6-21-15)16-13(17)12-7-10(9-20-12)14(18)19/h7,9,11H,3-6,8H2,1-2H3,(H,16,17)(H,18,19). The number of hydrogen-bond acceptors (Lipinski definition) is 4. The normalized spacial score (nSPS) is 21.0. The summed E-state index contributed by atoms with van der Waals surface area (Å²) in [5, 5.41) is 11.7. The number of carboxylic acids is 1. The highest BCUT2D eigenvalue weighted by Gasteiger charge is 2.35. The van der Waals surface area contributed by atoms with Crippen molar-refractivity contribution in [1.29, 1.82) is 0 Å². The van der Waals surface area contributed by atoms with Crippen LogP contribution in [0.5, 0.6) is 0 Å². The summed E-state index contributed by atoms with van der Waals surface area (Å²) in [6, 6.07) is 1.26. The number of nitrogens with one attached hydrogen (secondary N) is 1. The molecule has 0 radical (unpaired) electrons. The van der Waals surface area contributed by atoms with E-state index in [0.29, 0.717) is 6.61 Å². The summed E-state index contributed by atoms with van der Waals surface area (Å²) in [6.07, 6.45) is 4.39. The predicted molar refractivity (Wildman–Crippen MR) is 75.4 cm³/mol. The van der Waals surface area contributed by atoms with Crippen LogP contribution in [0.2, 0.25) is 0 Å². The molecule has 0 bridgehead atoms. The molecule has 1 saturated heterocycles. The monoisotopic (exact) mass is 295 g/mol. The Bertz CT molecular complexity index is 518. The number of rotatable bonds is 5. The van der Waals surface area contributed by atoms with Gasteiger partial charge >= 0.3 is 5.97 Å². The zero-order chi connectivity index (χ0) is 15.5. The molecule has 21 heavy (non-hydrogen) atoms. The molecule has 0 saturated carbocycles. The summed E-state index contributed by atoms with van der Waals surface area (Å²) in [5.41, 5.74) is -0.199. The second-order valence-corrected chi connectivity index (χ2v) is 5.41. The summed E-state index contributed by atoms with van der Waals surface area (Å²) < 4.78 is 10.9. The van der Waals surface area contributed by atoms with Crippen molar-refractivity contribution in [2.24, 2.45) is 0 Å². The Morgan fingerprint density at radius 3 is 2.71 bits per heavy atom. The minimum Gasteiger partial charge on any atom is -0.478 e. The molecule has 6 heteroatoms. The molecule has 6 nitrogen and oxygen atoms in total. The van der Waals surface area contributed by atoms with Crippen LogP contribution in [-0.4, -0.2) is 35.2 Å². The maximum Gasteiger partial charge on any atom is 0.338 e. The summed E-state index contributed by atoms with van der Waals surface area (Å²) >= 11 is 0. The lowest BCUT2D eigenvalue weighted by atomic mass is 9.86. The number of hydrogen-bond donors (Lipinski definition) is 2. The molecule has 116 valence electrons. The van der Waals surface area contributed by atoms with Crippen LogP contribution in [0.1, 0.15) is 60.4 Å². The van der Waals surface area contributed by atoms with Crippen molar-refractivity contribution in [3.8, 4) is 0 Å². The van der Waals surface area contributed by atoms with E-state index in [1.165, 1.54) is 6.07 Å². The molecule has 0 aliphatic carbocycles. The number of aromatic carboxylic acids is 1. The molecule has 1 fully saturated rings. The Labute approximate surface area is 123 Å². The lowest BCUT2D eigenvalue weighted by Crippen LogP contribution is -2.48. The van der Waals surface area contributed by atoms with Gasteiger partial charge in [-0.05, 0) is 25.7 Å². The maximum absolute atomic E-state index is 12.1. The largest absolute Gasteiger partial charge is 0.478 e. The summed E-state index contributed by atoms with van der Waals surface area (Å²) in [5.74, 6) is -1.46. The average molecular weight is 295 g/mol. The molecule has 1 aliphatic heterocycles. The Kier molecular flexibility index (Phi) is 4.67. The summed E-state index contributed by atoms with van der Waals surface area (Å²) in [7, 11) is 0. The number of amides is 1. The van der Waals surface area contributed by atoms with E-state index >= 15 is 0 Å². The van der Waals surface area contributed by atoms with Gasteiger partial charge < -0.3 is 19.6 Å². The van der Waals surface area contributed by atoms with Crippen molar-refractivity contribution in [1.82, 2.24) is 5.32 Å². The molecule has 2 rings (SSSR count). The van der Waals surface area contributed by atoms with Gasteiger partial charge in [-0.3, -0.25) is 4.79 Å². The molecule has 1 aromatic heterocycles. The Morgan fingerprint density at radius 1 is 1.43 bits per heavy atom. The van der Waals surface area contributed by atoms with Crippen LogP contribution in [0.4, 0.5) is 0 Å². The predicted octanol–water partition coefficient (Wildman–Crippen LogP) is 2.45. The SMILES string of the molecule is CCC1(CC)CC(NC(=O)c2cc(C(=O)O)co2)CCO1. The lowest BCUT2D eigenvalue weighted by Gasteiger charge is -2.40. The fourth-order valence-electron chi connectivity index (χ4n) is 2.72. The fraction of sp³-hybridized carbons (Fsp3) is 0.600. The first-order valence-electron chi connectivity index (χ1n) is 7.26. The van der Waals surface area contributed by atoms with Gasteiger partial charge in [-0.25, -0.2) is 4.79 Å². The Balaban J connectivity index is 2.00. The number of ether oxygens (including phenoxy) is 1. The second kappa shape index (κ2) is 6.30. The zero-order valence-electron chi connectivity index (χ0n) is 12.3. The van der Waals surface area contributed by atoms with E-state index in [4.69, 9.17) is 14.3 Å². The van der Waals surface area contributed by atoms with E-state index in [1.54, 1.807) is 0 Å². The molecule has 1 aliphatic rings. The number of furan rings is 1. The van der Waals surface area contributed by atoms with Gasteiger partial charge in [0.25, 0.3) is 5.91 Å². The van der Waals surface area contributed by atoms with Crippen molar-refractivity contribution in [3.63, 3.8) is 0 Å². The lowest BCUT2D eigenvalue weighted by molar-refractivity contribution is -0.0918. The third-order valence-electron chi connectivity index (χ3n) is 4.19. The molecular formula is C15H21NO5. The topological polar surface area (TPSA) is 88.8 Å². The Morgan fingerprint density at radius 2 is 2.14 bits per heavy atom. The fourth-order valence-corrected chi connectivity index (χ4v) is 2.72. The smallest absolute Gasteiger partial charge is 0.338 e. The van der Waals surface area contributed by atoms with Crippen molar-refractivity contribution in [2.75, 3.05) is 6.61 Å². The molecule has 1 unspecified atom stereocenters. The van der Waals surface area contributed by atoms with Gasteiger partial charge in [-0.15, -0.1) is 0 Å². The maximum atomic E-state index is 12.1. The number of carboxylic acid groups (broad SMARTS) is 1. The highest BCUT2D eigenvalue weighted by molar-refractivity contribution is 5.95. The minimum absolute atomic E-state index is 0.0181. The molecule has 1 atom stereocenters. The summed E-state index contributed by atoms with van der Waals surface area (Å²) in [4.78, 5) is 22.9. The number of carbonyl (C=O) groups excluding carboxylic acids is 1. The first-order valence-corrected chi connectivity index (χ1v) is 7.26. The highest BCUT2D eigenvalue weighted by Crippen LogP contribution is 2.31. The van der Waals surface area contributed by atoms with Gasteiger partial charge in [-0.2, -0.15) is 0 Å². The summed E-state index contributed by atoms with van der Waals surface area (Å²) in [6.45, 7) is 4.78. The van der Waals surface area contributed by atoms with Crippen LogP contribution >= 0.6 is 0 Å². The van der Waals surface area contributed by atoms with Gasteiger partial charge in [0.1, 0.15) is 6.26 Å².